The van der Waals surface area contributed by atoms with Gasteiger partial charge in [-0.05, 0) is 36.1 Å². The lowest BCUT2D eigenvalue weighted by atomic mass is 9.87. The van der Waals surface area contributed by atoms with Crippen molar-refractivity contribution in [2.24, 2.45) is 13.0 Å². The summed E-state index contributed by atoms with van der Waals surface area (Å²) in [6.45, 7) is 2.06. The number of hydrogen-bond acceptors (Lipinski definition) is 3. The van der Waals surface area contributed by atoms with Crippen LogP contribution in [0.4, 0.5) is 4.39 Å². The molecule has 1 aromatic carbocycles. The number of hydrogen-bond donors (Lipinski definition) is 1. The first-order chi connectivity index (χ1) is 13.6. The molecule has 1 N–H and O–H groups in total. The van der Waals surface area contributed by atoms with Gasteiger partial charge >= 0.3 is 0 Å². The lowest BCUT2D eigenvalue weighted by Crippen LogP contribution is -2.45. The van der Waals surface area contributed by atoms with Gasteiger partial charge in [-0.1, -0.05) is 31.4 Å². The Morgan fingerprint density at radius 2 is 1.93 bits per heavy atom. The molecular formula is C22H30ClFN4O. The molecular weight excluding hydrogens is 391 g/mol. The van der Waals surface area contributed by atoms with Crippen molar-refractivity contribution < 1.29 is 9.18 Å². The lowest BCUT2D eigenvalue weighted by molar-refractivity contribution is -0.139. The number of aromatic nitrogens is 2. The second-order valence-corrected chi connectivity index (χ2v) is 8.20. The molecule has 5 nitrogen and oxygen atoms in total. The van der Waals surface area contributed by atoms with Gasteiger partial charge in [0.1, 0.15) is 5.82 Å². The smallest absolute Gasteiger partial charge is 0.228 e. The van der Waals surface area contributed by atoms with Gasteiger partial charge in [0.05, 0.1) is 12.1 Å². The molecule has 1 saturated carbocycles. The first-order valence-corrected chi connectivity index (χ1v) is 10.4. The standard InChI is InChI=1S/C22H29FN4O.ClH/c1-26-15-17(11-25-26)20-12-24-13-21(20)22(28)27(19-5-3-2-4-6-19)14-16-7-9-18(23)10-8-16;/h7-11,15,19-21,24H,2-6,12-14H2,1H3;1H/t20-,21+;/m1./s1. The van der Waals surface area contributed by atoms with Crippen molar-refractivity contribution in [2.45, 2.75) is 50.6 Å². The predicted molar refractivity (Wildman–Crippen MR) is 113 cm³/mol. The van der Waals surface area contributed by atoms with E-state index >= 15 is 0 Å². The van der Waals surface area contributed by atoms with Crippen molar-refractivity contribution >= 4 is 18.3 Å². The van der Waals surface area contributed by atoms with Gasteiger partial charge in [-0.25, -0.2) is 4.39 Å². The van der Waals surface area contributed by atoms with E-state index in [9.17, 15) is 9.18 Å². The summed E-state index contributed by atoms with van der Waals surface area (Å²) in [6.07, 6.45) is 9.61. The lowest BCUT2D eigenvalue weighted by Gasteiger charge is -2.37. The van der Waals surface area contributed by atoms with Crippen LogP contribution in [0.1, 0.15) is 49.1 Å². The van der Waals surface area contributed by atoms with Crippen molar-refractivity contribution in [2.75, 3.05) is 13.1 Å². The second-order valence-electron chi connectivity index (χ2n) is 8.20. The van der Waals surface area contributed by atoms with Crippen LogP contribution in [0.25, 0.3) is 0 Å². The van der Waals surface area contributed by atoms with Crippen LogP contribution >= 0.6 is 12.4 Å². The van der Waals surface area contributed by atoms with Gasteiger partial charge in [0, 0.05) is 44.8 Å². The summed E-state index contributed by atoms with van der Waals surface area (Å²) in [6, 6.07) is 6.83. The molecule has 4 rings (SSSR count). The van der Waals surface area contributed by atoms with Crippen LogP contribution in [-0.2, 0) is 18.4 Å². The Morgan fingerprint density at radius 3 is 2.59 bits per heavy atom. The summed E-state index contributed by atoms with van der Waals surface area (Å²) in [5.74, 6) is 0.0538. The topological polar surface area (TPSA) is 50.2 Å². The van der Waals surface area contributed by atoms with E-state index in [-0.39, 0.29) is 42.0 Å². The normalized spacial score (nSPS) is 22.3. The molecule has 2 aromatic rings. The Balaban J connectivity index is 0.00000240. The maximum Gasteiger partial charge on any atom is 0.228 e. The molecule has 1 aliphatic carbocycles. The van der Waals surface area contributed by atoms with Crippen molar-refractivity contribution in [3.05, 3.63) is 53.6 Å². The summed E-state index contributed by atoms with van der Waals surface area (Å²) >= 11 is 0. The first kappa shape index (κ1) is 21.8. The minimum Gasteiger partial charge on any atom is -0.335 e. The number of carbonyl (C=O) groups excluding carboxylic acids is 1. The Bertz CT molecular complexity index is 803. The van der Waals surface area contributed by atoms with E-state index in [0.717, 1.165) is 30.5 Å². The van der Waals surface area contributed by atoms with Crippen LogP contribution in [0.5, 0.6) is 0 Å². The van der Waals surface area contributed by atoms with Crippen LogP contribution < -0.4 is 5.32 Å². The SMILES string of the molecule is Cl.Cn1cc([C@H]2CNC[C@@H]2C(=O)N(Cc2ccc(F)cc2)C2CCCCC2)cn1. The number of amides is 1. The fraction of sp³-hybridized carbons (Fsp3) is 0.545. The monoisotopic (exact) mass is 420 g/mol. The number of aryl methyl sites for hydroxylation is 1. The number of carbonyl (C=O) groups is 1. The molecule has 7 heteroatoms. The van der Waals surface area contributed by atoms with E-state index in [0.29, 0.717) is 13.1 Å². The van der Waals surface area contributed by atoms with Crippen molar-refractivity contribution in [3.8, 4) is 0 Å². The molecule has 2 fully saturated rings. The largest absolute Gasteiger partial charge is 0.335 e. The molecule has 1 aliphatic heterocycles. The van der Waals surface area contributed by atoms with E-state index in [1.165, 1.54) is 31.4 Å². The highest BCUT2D eigenvalue weighted by atomic mass is 35.5. The van der Waals surface area contributed by atoms with Crippen molar-refractivity contribution in [3.63, 3.8) is 0 Å². The molecule has 2 heterocycles. The minimum atomic E-state index is -0.240. The Kier molecular flexibility index (Phi) is 7.30. The third-order valence-electron chi connectivity index (χ3n) is 6.25. The molecule has 0 unspecified atom stereocenters. The summed E-state index contributed by atoms with van der Waals surface area (Å²) in [5, 5.41) is 7.70. The van der Waals surface area contributed by atoms with Crippen LogP contribution in [0.2, 0.25) is 0 Å². The number of rotatable bonds is 5. The molecule has 1 saturated heterocycles. The van der Waals surface area contributed by atoms with Crippen LogP contribution in [0.3, 0.4) is 0 Å². The molecule has 1 aromatic heterocycles. The number of halogens is 2. The zero-order valence-electron chi connectivity index (χ0n) is 16.9. The third-order valence-corrected chi connectivity index (χ3v) is 6.25. The van der Waals surface area contributed by atoms with E-state index in [2.05, 4.69) is 15.3 Å². The third kappa shape index (κ3) is 4.98. The van der Waals surface area contributed by atoms with E-state index in [1.54, 1.807) is 16.8 Å². The maximum atomic E-state index is 13.7. The summed E-state index contributed by atoms with van der Waals surface area (Å²) in [7, 11) is 1.91. The first-order valence-electron chi connectivity index (χ1n) is 10.4. The van der Waals surface area contributed by atoms with Crippen molar-refractivity contribution in [1.29, 1.82) is 0 Å². The number of nitrogens with one attached hydrogen (secondary N) is 1. The number of nitrogens with zero attached hydrogens (tertiary/aromatic N) is 3. The Labute approximate surface area is 178 Å². The van der Waals surface area contributed by atoms with Gasteiger partial charge < -0.3 is 10.2 Å². The van der Waals surface area contributed by atoms with Gasteiger partial charge in [0.2, 0.25) is 5.91 Å². The summed E-state index contributed by atoms with van der Waals surface area (Å²) in [5.41, 5.74) is 2.11. The van der Waals surface area contributed by atoms with Gasteiger partial charge in [-0.15, -0.1) is 12.4 Å². The molecule has 2 aliphatic rings. The zero-order valence-corrected chi connectivity index (χ0v) is 17.7. The second kappa shape index (κ2) is 9.72. The number of benzene rings is 1. The summed E-state index contributed by atoms with van der Waals surface area (Å²) in [4.78, 5) is 15.8. The average Bonchev–Trinajstić information content (AvgIpc) is 3.36. The van der Waals surface area contributed by atoms with Crippen LogP contribution in [-0.4, -0.2) is 39.7 Å². The zero-order chi connectivity index (χ0) is 19.5. The summed E-state index contributed by atoms with van der Waals surface area (Å²) < 4.78 is 15.1. The molecule has 0 bridgehead atoms. The van der Waals surface area contributed by atoms with E-state index < -0.39 is 0 Å². The molecule has 0 radical (unpaired) electrons. The van der Waals surface area contributed by atoms with Crippen molar-refractivity contribution in [1.82, 2.24) is 20.0 Å². The van der Waals surface area contributed by atoms with E-state index in [4.69, 9.17) is 0 Å². The Hall–Kier alpha value is -1.92. The minimum absolute atomic E-state index is 0. The molecule has 1 amide bonds. The average molecular weight is 421 g/mol. The fourth-order valence-electron chi connectivity index (χ4n) is 4.70. The molecule has 0 spiro atoms. The maximum absolute atomic E-state index is 13.7. The molecule has 158 valence electrons. The van der Waals surface area contributed by atoms with Gasteiger partial charge in [0.15, 0.2) is 0 Å². The Morgan fingerprint density at radius 1 is 1.21 bits per heavy atom. The van der Waals surface area contributed by atoms with Gasteiger partial charge in [-0.2, -0.15) is 5.10 Å². The van der Waals surface area contributed by atoms with Crippen LogP contribution in [0.15, 0.2) is 36.7 Å². The highest BCUT2D eigenvalue weighted by molar-refractivity contribution is 5.85. The van der Waals surface area contributed by atoms with E-state index in [1.807, 2.05) is 19.4 Å². The highest BCUT2D eigenvalue weighted by Gasteiger charge is 2.39. The molecule has 29 heavy (non-hydrogen) atoms. The van der Waals surface area contributed by atoms with Gasteiger partial charge in [-0.3, -0.25) is 9.48 Å². The van der Waals surface area contributed by atoms with Crippen LogP contribution in [0, 0.1) is 11.7 Å². The molecule has 2 atom stereocenters. The fourth-order valence-corrected chi connectivity index (χ4v) is 4.70. The predicted octanol–water partition coefficient (Wildman–Crippen LogP) is 3.65. The van der Waals surface area contributed by atoms with Gasteiger partial charge in [0.25, 0.3) is 0 Å². The highest BCUT2D eigenvalue weighted by Crippen LogP contribution is 2.32. The quantitative estimate of drug-likeness (QED) is 0.803.